The van der Waals surface area contributed by atoms with E-state index < -0.39 is 0 Å². The van der Waals surface area contributed by atoms with E-state index in [1.54, 1.807) is 0 Å². The molecule has 4 nitrogen and oxygen atoms in total. The number of hydrogen-bond acceptors (Lipinski definition) is 4. The summed E-state index contributed by atoms with van der Waals surface area (Å²) >= 11 is 0. The normalized spacial score (nSPS) is 8.88. The molecule has 0 radical (unpaired) electrons. The quantitative estimate of drug-likeness (QED) is 0.317. The van der Waals surface area contributed by atoms with Gasteiger partial charge >= 0.3 is 0 Å². The van der Waals surface area contributed by atoms with Crippen LogP contribution in [0.2, 0.25) is 0 Å². The first kappa shape index (κ1) is 8.10. The van der Waals surface area contributed by atoms with E-state index in [0.717, 1.165) is 7.55 Å². The van der Waals surface area contributed by atoms with Crippen LogP contribution in [-0.4, -0.2) is 35.3 Å². The number of hydrogen-bond donors (Lipinski definition) is 3. The van der Waals surface area contributed by atoms with Gasteiger partial charge in [-0.1, -0.05) is 0 Å². The summed E-state index contributed by atoms with van der Waals surface area (Å²) in [5.74, 6) is 0. The average Bonchev–Trinajstić information content (AvgIpc) is 1.83. The van der Waals surface area contributed by atoms with Gasteiger partial charge in [0.05, 0.1) is 0 Å². The topological polar surface area (TPSA) is 67.3 Å². The third-order valence-electron chi connectivity index (χ3n) is 0.838. The molecule has 8 heavy (non-hydrogen) atoms. The van der Waals surface area contributed by atoms with Crippen molar-refractivity contribution in [3.63, 3.8) is 0 Å². The van der Waals surface area contributed by atoms with E-state index in [1.807, 2.05) is 12.6 Å². The van der Waals surface area contributed by atoms with Crippen molar-refractivity contribution in [2.75, 3.05) is 0 Å². The number of nitrogens with two attached hydrogens (primary N) is 2. The van der Waals surface area contributed by atoms with Crippen molar-refractivity contribution >= 4 is 30.6 Å². The summed E-state index contributed by atoms with van der Waals surface area (Å²) in [6, 6.07) is 0. The summed E-state index contributed by atoms with van der Waals surface area (Å²) in [6.07, 6.45) is 0. The van der Waals surface area contributed by atoms with Crippen molar-refractivity contribution in [3.05, 3.63) is 0 Å². The van der Waals surface area contributed by atoms with Gasteiger partial charge in [-0.25, -0.2) is 0 Å². The van der Waals surface area contributed by atoms with E-state index in [2.05, 4.69) is 5.14 Å². The summed E-state index contributed by atoms with van der Waals surface area (Å²) in [6.45, 7) is 0. The number of rotatable bonds is 4. The zero-order chi connectivity index (χ0) is 6.41. The Morgan fingerprint density at radius 1 is 1.50 bits per heavy atom. The molecule has 0 aromatic heterocycles. The zero-order valence-corrected chi connectivity index (χ0v) is 5.22. The predicted molar refractivity (Wildman–Crippen MR) is 43.3 cm³/mol. The molecule has 0 spiro atoms. The molecule has 0 unspecified atom stereocenters. The smallest absolute Gasteiger partial charge is 0.272 e. The Balaban J connectivity index is 2.86. The highest BCUT2D eigenvalue weighted by Gasteiger charge is 1.94. The molecule has 5 N–H and O–H groups in total. The molecule has 0 saturated heterocycles. The van der Waals surface area contributed by atoms with E-state index in [0.29, 0.717) is 15.1 Å². The lowest BCUT2D eigenvalue weighted by atomic mass is 9.86. The van der Waals surface area contributed by atoms with Crippen LogP contribution < -0.4 is 16.4 Å². The Kier molecular flexibility index (Phi) is 5.31. The van der Waals surface area contributed by atoms with Crippen LogP contribution in [0.4, 0.5) is 0 Å². The Morgan fingerprint density at radius 2 is 2.12 bits per heavy atom. The van der Waals surface area contributed by atoms with Crippen molar-refractivity contribution in [1.29, 1.82) is 0 Å². The lowest BCUT2D eigenvalue weighted by molar-refractivity contribution is 1.08. The average molecular weight is 109 g/mol. The highest BCUT2D eigenvalue weighted by Crippen LogP contribution is 1.58. The van der Waals surface area contributed by atoms with Crippen LogP contribution in [0.3, 0.4) is 0 Å². The minimum Gasteiger partial charge on any atom is -0.412 e. The molecule has 0 aromatic carbocycles. The molecular formula is H10B4N4. The summed E-state index contributed by atoms with van der Waals surface area (Å²) in [4.78, 5) is 0. The van der Waals surface area contributed by atoms with Gasteiger partial charge in [0.1, 0.15) is 0 Å². The minimum atomic E-state index is 0.504. The molecule has 0 bridgehead atoms. The highest BCUT2D eigenvalue weighted by atomic mass is 15.0. The van der Waals surface area contributed by atoms with Gasteiger partial charge in [-0.15, -0.1) is 0 Å². The number of nitrogens with zero attached hydrogens (tertiary/aromatic N) is 1. The molecule has 42 valence electrons. The SMILES string of the molecule is BN(BN)BNBN. The lowest BCUT2D eigenvalue weighted by Crippen LogP contribution is -2.45. The van der Waals surface area contributed by atoms with Crippen molar-refractivity contribution in [1.82, 2.24) is 9.77 Å². The Labute approximate surface area is 52.6 Å². The van der Waals surface area contributed by atoms with Gasteiger partial charge in [-0.05, 0) is 0 Å². The van der Waals surface area contributed by atoms with Crippen LogP contribution in [0, 0.1) is 0 Å². The van der Waals surface area contributed by atoms with E-state index in [4.69, 9.17) is 11.3 Å². The molecular weight excluding hydrogens is 99.3 g/mol. The fourth-order valence-electron chi connectivity index (χ4n) is 0.320. The molecule has 0 aliphatic carbocycles. The largest absolute Gasteiger partial charge is 0.412 e. The molecule has 0 aliphatic heterocycles. The van der Waals surface area contributed by atoms with Gasteiger partial charge in [0.2, 0.25) is 0 Å². The molecule has 8 heteroatoms. The van der Waals surface area contributed by atoms with E-state index >= 15 is 0 Å². The molecule has 0 fully saturated rings. The fourth-order valence-corrected chi connectivity index (χ4v) is 0.320. The monoisotopic (exact) mass is 110 g/mol. The number of nitrogens with one attached hydrogen (secondary N) is 1. The van der Waals surface area contributed by atoms with Gasteiger partial charge in [-0.2, -0.15) is 0 Å². The van der Waals surface area contributed by atoms with Crippen molar-refractivity contribution in [3.8, 4) is 0 Å². The first-order chi connectivity index (χ1) is 3.81. The van der Waals surface area contributed by atoms with E-state index in [9.17, 15) is 0 Å². The van der Waals surface area contributed by atoms with E-state index in [-0.39, 0.29) is 0 Å². The maximum atomic E-state index is 5.26. The second-order valence-corrected chi connectivity index (χ2v) is 1.65. The molecule has 0 atom stereocenters. The summed E-state index contributed by atoms with van der Waals surface area (Å²) in [5, 5.41) is 2.92. The maximum absolute atomic E-state index is 5.26. The van der Waals surface area contributed by atoms with Crippen molar-refractivity contribution in [2.45, 2.75) is 0 Å². The summed E-state index contributed by atoms with van der Waals surface area (Å²) < 4.78 is 1.92. The fraction of sp³-hybridized carbons (Fsp3) is 0. The van der Waals surface area contributed by atoms with Crippen LogP contribution in [0.15, 0.2) is 0 Å². The van der Waals surface area contributed by atoms with Gasteiger partial charge in [0.15, 0.2) is 7.98 Å². The summed E-state index contributed by atoms with van der Waals surface area (Å²) in [5.41, 5.74) is 10.4. The Morgan fingerprint density at radius 3 is 2.50 bits per heavy atom. The van der Waals surface area contributed by atoms with Gasteiger partial charge in [0.25, 0.3) is 22.6 Å². The standard InChI is InChI=1S/B4H10N4/c1-8(3-6)4-7-2-5/h2-4,7H,1,5-6H2. The molecule has 0 saturated carbocycles. The summed E-state index contributed by atoms with van der Waals surface area (Å²) in [7, 11) is 3.74. The third-order valence-corrected chi connectivity index (χ3v) is 0.838. The van der Waals surface area contributed by atoms with Crippen LogP contribution >= 0.6 is 0 Å². The molecule has 0 aliphatic rings. The Bertz CT molecular complexity index is 47.3. The first-order valence-electron chi connectivity index (χ1n) is 2.60. The van der Waals surface area contributed by atoms with E-state index in [1.165, 1.54) is 0 Å². The second-order valence-electron chi connectivity index (χ2n) is 1.65. The predicted octanol–water partition coefficient (Wildman–Crippen LogP) is -4.86. The van der Waals surface area contributed by atoms with Crippen LogP contribution in [-0.2, 0) is 0 Å². The van der Waals surface area contributed by atoms with Crippen molar-refractivity contribution < 1.29 is 0 Å². The van der Waals surface area contributed by atoms with Crippen LogP contribution in [0.5, 0.6) is 0 Å². The minimum absolute atomic E-state index is 0.504. The Hall–Kier alpha value is 0.0997. The first-order valence-corrected chi connectivity index (χ1v) is 2.60. The second kappa shape index (κ2) is 5.24. The van der Waals surface area contributed by atoms with Crippen molar-refractivity contribution in [2.24, 2.45) is 11.3 Å². The maximum Gasteiger partial charge on any atom is 0.272 e. The van der Waals surface area contributed by atoms with Crippen LogP contribution in [0.1, 0.15) is 0 Å². The molecule has 0 rings (SSSR count). The van der Waals surface area contributed by atoms with Gasteiger partial charge in [-0.3, -0.25) is 0 Å². The molecule has 0 aromatic rings. The third kappa shape index (κ3) is 4.26. The zero-order valence-electron chi connectivity index (χ0n) is 5.22. The van der Waals surface area contributed by atoms with Gasteiger partial charge in [0, 0.05) is 0 Å². The van der Waals surface area contributed by atoms with Crippen LogP contribution in [0.25, 0.3) is 0 Å². The van der Waals surface area contributed by atoms with Gasteiger partial charge < -0.3 is 21.1 Å². The lowest BCUT2D eigenvalue weighted by Gasteiger charge is -2.09. The molecule has 0 amide bonds. The highest BCUT2D eigenvalue weighted by molar-refractivity contribution is 6.61. The molecule has 0 heterocycles.